The molecule has 1 aliphatic rings. The fourth-order valence-corrected chi connectivity index (χ4v) is 3.86. The molecule has 1 N–H and O–H groups in total. The van der Waals surface area contributed by atoms with E-state index in [1.807, 2.05) is 24.3 Å². The standard InChI is InChI=1S/C22H22F3N5O2/c1-15(31)29-11-10-21(32,13-29)14-30-27-20(26-28-30)19-5-3-2-4-17(19)12-16-6-8-18(9-7-16)22(23,24)25/h2-9,32H,10-14H2,1H3. The minimum absolute atomic E-state index is 0.0923. The summed E-state index contributed by atoms with van der Waals surface area (Å²) in [5, 5.41) is 23.3. The highest BCUT2D eigenvalue weighted by atomic mass is 19.4. The monoisotopic (exact) mass is 445 g/mol. The zero-order valence-corrected chi connectivity index (χ0v) is 17.4. The van der Waals surface area contributed by atoms with Gasteiger partial charge in [-0.25, -0.2) is 0 Å². The molecule has 168 valence electrons. The molecule has 10 heteroatoms. The number of rotatable bonds is 5. The number of hydrogen-bond donors (Lipinski definition) is 1. The predicted octanol–water partition coefficient (Wildman–Crippen LogP) is 2.93. The summed E-state index contributed by atoms with van der Waals surface area (Å²) in [5.41, 5.74) is 0.468. The Morgan fingerprint density at radius 3 is 2.53 bits per heavy atom. The number of carbonyl (C=O) groups is 1. The number of β-amino-alcohol motifs (C(OH)–C–C–N with tert-alkyl or cyclic N) is 1. The maximum atomic E-state index is 12.8. The van der Waals surface area contributed by atoms with Gasteiger partial charge in [-0.1, -0.05) is 36.4 Å². The number of tetrazole rings is 1. The summed E-state index contributed by atoms with van der Waals surface area (Å²) < 4.78 is 38.4. The number of benzene rings is 2. The van der Waals surface area contributed by atoms with Crippen LogP contribution in [0.5, 0.6) is 0 Å². The molecule has 1 fully saturated rings. The fraction of sp³-hybridized carbons (Fsp3) is 0.364. The molecule has 0 bridgehead atoms. The van der Waals surface area contributed by atoms with Crippen molar-refractivity contribution in [2.75, 3.05) is 13.1 Å². The first kappa shape index (κ1) is 21.9. The van der Waals surface area contributed by atoms with E-state index in [1.165, 1.54) is 23.9 Å². The largest absolute Gasteiger partial charge is 0.416 e. The normalized spacial score (nSPS) is 18.8. The number of halogens is 3. The molecule has 3 aromatic rings. The second kappa shape index (κ2) is 8.34. The third kappa shape index (κ3) is 4.80. The van der Waals surface area contributed by atoms with Gasteiger partial charge >= 0.3 is 6.18 Å². The van der Waals surface area contributed by atoms with Crippen molar-refractivity contribution in [1.82, 2.24) is 25.1 Å². The highest BCUT2D eigenvalue weighted by Gasteiger charge is 2.38. The Balaban J connectivity index is 1.51. The molecule has 1 saturated heterocycles. The molecule has 1 unspecified atom stereocenters. The highest BCUT2D eigenvalue weighted by molar-refractivity contribution is 5.73. The Morgan fingerprint density at radius 1 is 1.16 bits per heavy atom. The average molecular weight is 445 g/mol. The number of alkyl halides is 3. The highest BCUT2D eigenvalue weighted by Crippen LogP contribution is 2.30. The molecule has 0 radical (unpaired) electrons. The summed E-state index contributed by atoms with van der Waals surface area (Å²) in [7, 11) is 0. The van der Waals surface area contributed by atoms with Crippen LogP contribution < -0.4 is 0 Å². The third-order valence-corrected chi connectivity index (χ3v) is 5.60. The first-order valence-corrected chi connectivity index (χ1v) is 10.1. The Kier molecular flexibility index (Phi) is 5.72. The first-order valence-electron chi connectivity index (χ1n) is 10.1. The van der Waals surface area contributed by atoms with E-state index in [1.54, 1.807) is 4.90 Å². The molecule has 0 saturated carbocycles. The Hall–Kier alpha value is -3.27. The van der Waals surface area contributed by atoms with E-state index < -0.39 is 17.3 Å². The molecular weight excluding hydrogens is 423 g/mol. The minimum atomic E-state index is -4.37. The molecule has 2 heterocycles. The molecule has 1 atom stereocenters. The molecule has 2 aromatic carbocycles. The molecule has 1 amide bonds. The van der Waals surface area contributed by atoms with Crippen LogP contribution in [0.25, 0.3) is 11.4 Å². The van der Waals surface area contributed by atoms with Gasteiger partial charge < -0.3 is 10.0 Å². The number of aromatic nitrogens is 4. The Bertz CT molecular complexity index is 1110. The maximum Gasteiger partial charge on any atom is 0.416 e. The lowest BCUT2D eigenvalue weighted by Gasteiger charge is -2.21. The van der Waals surface area contributed by atoms with Gasteiger partial charge in [-0.2, -0.15) is 18.0 Å². The van der Waals surface area contributed by atoms with Gasteiger partial charge in [0.15, 0.2) is 0 Å². The van der Waals surface area contributed by atoms with E-state index >= 15 is 0 Å². The lowest BCUT2D eigenvalue weighted by Crippen LogP contribution is -2.39. The average Bonchev–Trinajstić information content (AvgIpc) is 3.35. The SMILES string of the molecule is CC(=O)N1CCC(O)(Cn2nnc(-c3ccccc3Cc3ccc(C(F)(F)F)cc3)n2)C1. The van der Waals surface area contributed by atoms with Crippen LogP contribution in [0, 0.1) is 0 Å². The van der Waals surface area contributed by atoms with E-state index in [9.17, 15) is 23.1 Å². The fourth-order valence-electron chi connectivity index (χ4n) is 3.86. The van der Waals surface area contributed by atoms with Crippen molar-refractivity contribution in [3.63, 3.8) is 0 Å². The second-order valence-electron chi connectivity index (χ2n) is 8.09. The van der Waals surface area contributed by atoms with Crippen LogP contribution >= 0.6 is 0 Å². The van der Waals surface area contributed by atoms with E-state index in [0.29, 0.717) is 30.8 Å². The molecule has 4 rings (SSSR count). The van der Waals surface area contributed by atoms with Gasteiger partial charge in [0.05, 0.1) is 18.7 Å². The summed E-state index contributed by atoms with van der Waals surface area (Å²) in [6, 6.07) is 12.4. The van der Waals surface area contributed by atoms with Crippen molar-refractivity contribution < 1.29 is 23.1 Å². The number of carbonyl (C=O) groups excluding carboxylic acids is 1. The number of likely N-dealkylation sites (tertiary alicyclic amines) is 1. The van der Waals surface area contributed by atoms with Crippen molar-refractivity contribution >= 4 is 5.91 Å². The van der Waals surface area contributed by atoms with Gasteiger partial charge in [-0.3, -0.25) is 4.79 Å². The van der Waals surface area contributed by atoms with Crippen LogP contribution in [-0.2, 0) is 23.9 Å². The van der Waals surface area contributed by atoms with E-state index in [0.717, 1.165) is 23.3 Å². The number of amides is 1. The Labute approximate surface area is 182 Å². The van der Waals surface area contributed by atoms with Crippen molar-refractivity contribution in [3.05, 3.63) is 65.2 Å². The third-order valence-electron chi connectivity index (χ3n) is 5.60. The quantitative estimate of drug-likeness (QED) is 0.653. The summed E-state index contributed by atoms with van der Waals surface area (Å²) in [6.45, 7) is 2.25. The van der Waals surface area contributed by atoms with E-state index in [-0.39, 0.29) is 19.0 Å². The molecule has 7 nitrogen and oxygen atoms in total. The van der Waals surface area contributed by atoms with Crippen molar-refractivity contribution in [1.29, 1.82) is 0 Å². The Morgan fingerprint density at radius 2 is 1.88 bits per heavy atom. The van der Waals surface area contributed by atoms with Crippen LogP contribution in [-0.4, -0.2) is 54.8 Å². The molecule has 0 spiro atoms. The van der Waals surface area contributed by atoms with Crippen molar-refractivity contribution in [2.24, 2.45) is 0 Å². The number of aliphatic hydroxyl groups is 1. The van der Waals surface area contributed by atoms with Crippen LogP contribution in [0.15, 0.2) is 48.5 Å². The topological polar surface area (TPSA) is 84.1 Å². The van der Waals surface area contributed by atoms with Crippen LogP contribution in [0.2, 0.25) is 0 Å². The zero-order chi connectivity index (χ0) is 22.9. The lowest BCUT2D eigenvalue weighted by molar-refractivity contribution is -0.137. The van der Waals surface area contributed by atoms with Gasteiger partial charge in [0, 0.05) is 19.0 Å². The van der Waals surface area contributed by atoms with Gasteiger partial charge in [-0.05, 0) is 41.3 Å². The maximum absolute atomic E-state index is 12.8. The summed E-state index contributed by atoms with van der Waals surface area (Å²) in [6.07, 6.45) is -3.54. The summed E-state index contributed by atoms with van der Waals surface area (Å²) >= 11 is 0. The second-order valence-corrected chi connectivity index (χ2v) is 8.09. The smallest absolute Gasteiger partial charge is 0.386 e. The molecule has 0 aliphatic carbocycles. The number of nitrogens with zero attached hydrogens (tertiary/aromatic N) is 5. The first-order chi connectivity index (χ1) is 15.1. The van der Waals surface area contributed by atoms with E-state index in [4.69, 9.17) is 0 Å². The number of hydrogen-bond acceptors (Lipinski definition) is 5. The van der Waals surface area contributed by atoms with Gasteiger partial charge in [0.2, 0.25) is 11.7 Å². The molecule has 32 heavy (non-hydrogen) atoms. The van der Waals surface area contributed by atoms with Crippen molar-refractivity contribution in [2.45, 2.75) is 38.1 Å². The predicted molar refractivity (Wildman–Crippen MR) is 109 cm³/mol. The summed E-state index contributed by atoms with van der Waals surface area (Å²) in [4.78, 5) is 14.4. The van der Waals surface area contributed by atoms with Crippen LogP contribution in [0.3, 0.4) is 0 Å². The van der Waals surface area contributed by atoms with E-state index in [2.05, 4.69) is 15.4 Å². The van der Waals surface area contributed by atoms with Gasteiger partial charge in [-0.15, -0.1) is 10.2 Å². The lowest BCUT2D eigenvalue weighted by atomic mass is 9.98. The molecule has 1 aromatic heterocycles. The van der Waals surface area contributed by atoms with Crippen LogP contribution in [0.1, 0.15) is 30.0 Å². The van der Waals surface area contributed by atoms with Crippen LogP contribution in [0.4, 0.5) is 13.2 Å². The summed E-state index contributed by atoms with van der Waals surface area (Å²) in [5.74, 6) is 0.267. The molecule has 1 aliphatic heterocycles. The van der Waals surface area contributed by atoms with Crippen molar-refractivity contribution in [3.8, 4) is 11.4 Å². The minimum Gasteiger partial charge on any atom is -0.386 e. The molecular formula is C22H22F3N5O2. The van der Waals surface area contributed by atoms with Gasteiger partial charge in [0.1, 0.15) is 5.60 Å². The zero-order valence-electron chi connectivity index (χ0n) is 17.4. The van der Waals surface area contributed by atoms with Gasteiger partial charge in [0.25, 0.3) is 0 Å².